The van der Waals surface area contributed by atoms with E-state index in [4.69, 9.17) is 0 Å². The summed E-state index contributed by atoms with van der Waals surface area (Å²) in [7, 11) is 0. The van der Waals surface area contributed by atoms with Crippen LogP contribution in [0.25, 0.3) is 10.9 Å². The van der Waals surface area contributed by atoms with Crippen LogP contribution in [0.15, 0.2) is 6.07 Å². The van der Waals surface area contributed by atoms with Crippen LogP contribution in [0.4, 0.5) is 22.0 Å². The average molecular weight is 222 g/mol. The van der Waals surface area contributed by atoms with E-state index in [1.165, 1.54) is 0 Å². The molecule has 0 aliphatic heterocycles. The number of benzene rings is 1. The van der Waals surface area contributed by atoms with Gasteiger partial charge in [-0.2, -0.15) is 5.10 Å². The number of alkyl halides is 2. The number of H-pyrrole nitrogens is 1. The summed E-state index contributed by atoms with van der Waals surface area (Å²) in [6.45, 7) is 0. The standard InChI is InChI=1S/C8H3F5N2/c9-2-1-3-4(6(11)5(2)10)7(8(12)13)15-14-3/h1,8H,(H,14,15). The molecule has 0 aliphatic rings. The lowest BCUT2D eigenvalue weighted by Crippen LogP contribution is -1.93. The van der Waals surface area contributed by atoms with Gasteiger partial charge in [-0.1, -0.05) is 0 Å². The Labute approximate surface area is 79.7 Å². The minimum atomic E-state index is -3.03. The molecular weight excluding hydrogens is 219 g/mol. The Balaban J connectivity index is 2.85. The summed E-state index contributed by atoms with van der Waals surface area (Å²) < 4.78 is 63.1. The Morgan fingerprint density at radius 1 is 1.13 bits per heavy atom. The molecule has 15 heavy (non-hydrogen) atoms. The van der Waals surface area contributed by atoms with Crippen LogP contribution in [0.5, 0.6) is 0 Å². The van der Waals surface area contributed by atoms with Crippen molar-refractivity contribution in [3.63, 3.8) is 0 Å². The topological polar surface area (TPSA) is 28.7 Å². The Hall–Kier alpha value is -1.66. The van der Waals surface area contributed by atoms with Gasteiger partial charge in [0.25, 0.3) is 6.43 Å². The van der Waals surface area contributed by atoms with Crippen molar-refractivity contribution in [2.75, 3.05) is 0 Å². The molecule has 0 amide bonds. The number of hydrogen-bond donors (Lipinski definition) is 1. The third-order valence-corrected chi connectivity index (χ3v) is 1.93. The number of nitrogens with one attached hydrogen (secondary N) is 1. The molecule has 0 saturated carbocycles. The normalized spacial score (nSPS) is 11.6. The molecule has 1 aromatic carbocycles. The molecule has 0 fully saturated rings. The van der Waals surface area contributed by atoms with E-state index in [-0.39, 0.29) is 5.52 Å². The maximum absolute atomic E-state index is 13.1. The molecule has 1 aromatic heterocycles. The van der Waals surface area contributed by atoms with E-state index < -0.39 is 35.0 Å². The van der Waals surface area contributed by atoms with Crippen molar-refractivity contribution in [1.82, 2.24) is 10.2 Å². The molecule has 1 N–H and O–H groups in total. The average Bonchev–Trinajstić information content (AvgIpc) is 2.58. The maximum Gasteiger partial charge on any atom is 0.280 e. The van der Waals surface area contributed by atoms with Crippen LogP contribution in [0.1, 0.15) is 12.1 Å². The van der Waals surface area contributed by atoms with E-state index in [1.54, 1.807) is 0 Å². The largest absolute Gasteiger partial charge is 0.280 e. The number of aromatic amines is 1. The zero-order chi connectivity index (χ0) is 11.2. The summed E-state index contributed by atoms with van der Waals surface area (Å²) in [5.74, 6) is -4.91. The van der Waals surface area contributed by atoms with Gasteiger partial charge >= 0.3 is 0 Å². The van der Waals surface area contributed by atoms with Gasteiger partial charge in [-0.3, -0.25) is 5.10 Å². The highest BCUT2D eigenvalue weighted by molar-refractivity contribution is 5.82. The predicted octanol–water partition coefficient (Wildman–Crippen LogP) is 2.92. The van der Waals surface area contributed by atoms with E-state index in [9.17, 15) is 22.0 Å². The minimum absolute atomic E-state index is 0.373. The third-order valence-electron chi connectivity index (χ3n) is 1.93. The summed E-state index contributed by atoms with van der Waals surface area (Å²) in [6, 6.07) is 0.552. The highest BCUT2D eigenvalue weighted by atomic mass is 19.3. The number of rotatable bonds is 1. The summed E-state index contributed by atoms with van der Waals surface area (Å²) in [4.78, 5) is 0. The second-order valence-corrected chi connectivity index (χ2v) is 2.82. The molecule has 2 aromatic rings. The highest BCUT2D eigenvalue weighted by Crippen LogP contribution is 2.29. The first-order chi connectivity index (χ1) is 7.02. The molecule has 0 bridgehead atoms. The van der Waals surface area contributed by atoms with Gasteiger partial charge < -0.3 is 0 Å². The van der Waals surface area contributed by atoms with Gasteiger partial charge in [0.2, 0.25) is 0 Å². The van der Waals surface area contributed by atoms with Gasteiger partial charge in [0.05, 0.1) is 10.9 Å². The van der Waals surface area contributed by atoms with Crippen molar-refractivity contribution in [2.45, 2.75) is 6.43 Å². The van der Waals surface area contributed by atoms with Crippen LogP contribution in [0.3, 0.4) is 0 Å². The number of nitrogens with zero attached hydrogens (tertiary/aromatic N) is 1. The maximum atomic E-state index is 13.1. The summed E-state index contributed by atoms with van der Waals surface area (Å²) in [6.07, 6.45) is -3.03. The van der Waals surface area contributed by atoms with E-state index in [0.29, 0.717) is 6.07 Å². The number of halogens is 5. The monoisotopic (exact) mass is 222 g/mol. The lowest BCUT2D eigenvalue weighted by Gasteiger charge is -1.99. The van der Waals surface area contributed by atoms with Crippen molar-refractivity contribution < 1.29 is 22.0 Å². The second-order valence-electron chi connectivity index (χ2n) is 2.82. The molecule has 7 heteroatoms. The first-order valence-corrected chi connectivity index (χ1v) is 3.82. The quantitative estimate of drug-likeness (QED) is 0.583. The van der Waals surface area contributed by atoms with Crippen LogP contribution < -0.4 is 0 Å². The lowest BCUT2D eigenvalue weighted by atomic mass is 10.2. The van der Waals surface area contributed by atoms with Crippen molar-refractivity contribution in [1.29, 1.82) is 0 Å². The van der Waals surface area contributed by atoms with Crippen LogP contribution in [-0.4, -0.2) is 10.2 Å². The molecule has 2 nitrogen and oxygen atoms in total. The first-order valence-electron chi connectivity index (χ1n) is 3.82. The molecule has 0 radical (unpaired) electrons. The van der Waals surface area contributed by atoms with Gasteiger partial charge in [-0.05, 0) is 0 Å². The number of hydrogen-bond acceptors (Lipinski definition) is 1. The smallest absolute Gasteiger partial charge is 0.275 e. The molecule has 1 heterocycles. The Morgan fingerprint density at radius 2 is 1.80 bits per heavy atom. The van der Waals surface area contributed by atoms with Gasteiger partial charge in [-0.25, -0.2) is 22.0 Å². The zero-order valence-corrected chi connectivity index (χ0v) is 6.99. The van der Waals surface area contributed by atoms with E-state index >= 15 is 0 Å². The molecule has 0 atom stereocenters. The van der Waals surface area contributed by atoms with Gasteiger partial charge in [0, 0.05) is 6.07 Å². The third kappa shape index (κ3) is 1.34. The van der Waals surface area contributed by atoms with Crippen molar-refractivity contribution in [3.05, 3.63) is 29.2 Å². The Kier molecular flexibility index (Phi) is 2.09. The van der Waals surface area contributed by atoms with Gasteiger partial charge in [0.15, 0.2) is 17.5 Å². The fraction of sp³-hybridized carbons (Fsp3) is 0.125. The van der Waals surface area contributed by atoms with Crippen LogP contribution in [-0.2, 0) is 0 Å². The van der Waals surface area contributed by atoms with Crippen LogP contribution in [0.2, 0.25) is 0 Å². The molecule has 0 aliphatic carbocycles. The van der Waals surface area contributed by atoms with Gasteiger partial charge in [0.1, 0.15) is 5.69 Å². The van der Waals surface area contributed by atoms with Crippen LogP contribution >= 0.6 is 0 Å². The molecule has 0 unspecified atom stereocenters. The number of fused-ring (bicyclic) bond motifs is 1. The molecule has 2 rings (SSSR count). The fourth-order valence-electron chi connectivity index (χ4n) is 1.26. The van der Waals surface area contributed by atoms with Crippen molar-refractivity contribution in [2.24, 2.45) is 0 Å². The van der Waals surface area contributed by atoms with E-state index in [2.05, 4.69) is 5.10 Å². The number of aromatic nitrogens is 2. The molecular formula is C8H3F5N2. The minimum Gasteiger partial charge on any atom is -0.275 e. The van der Waals surface area contributed by atoms with Crippen LogP contribution in [0, 0.1) is 17.5 Å². The van der Waals surface area contributed by atoms with Crippen molar-refractivity contribution in [3.8, 4) is 0 Å². The summed E-state index contributed by atoms with van der Waals surface area (Å²) >= 11 is 0. The Morgan fingerprint density at radius 3 is 2.40 bits per heavy atom. The summed E-state index contributed by atoms with van der Waals surface area (Å²) in [5, 5.41) is 4.37. The lowest BCUT2D eigenvalue weighted by molar-refractivity contribution is 0.147. The summed E-state index contributed by atoms with van der Waals surface area (Å²) in [5.41, 5.74) is -1.23. The molecule has 0 spiro atoms. The molecule has 0 saturated heterocycles. The van der Waals surface area contributed by atoms with E-state index in [0.717, 1.165) is 0 Å². The van der Waals surface area contributed by atoms with Gasteiger partial charge in [-0.15, -0.1) is 0 Å². The molecule has 80 valence electrons. The van der Waals surface area contributed by atoms with Crippen molar-refractivity contribution >= 4 is 10.9 Å². The highest BCUT2D eigenvalue weighted by Gasteiger charge is 2.22. The zero-order valence-electron chi connectivity index (χ0n) is 6.99. The predicted molar refractivity (Wildman–Crippen MR) is 40.9 cm³/mol. The Bertz CT molecular complexity index is 519. The second kappa shape index (κ2) is 3.18. The SMILES string of the molecule is Fc1cc2n[nH]c(C(F)F)c2c(F)c1F. The van der Waals surface area contributed by atoms with E-state index in [1.807, 2.05) is 5.10 Å². The first kappa shape index (κ1) is 9.88. The fourth-order valence-corrected chi connectivity index (χ4v) is 1.26.